The van der Waals surface area contributed by atoms with Crippen LogP contribution < -0.4 is 11.1 Å². The maximum absolute atomic E-state index is 12.6. The summed E-state index contributed by atoms with van der Waals surface area (Å²) >= 11 is 3.36. The van der Waals surface area contributed by atoms with E-state index in [4.69, 9.17) is 5.73 Å². The Morgan fingerprint density at radius 3 is 2.72 bits per heavy atom. The van der Waals surface area contributed by atoms with Crippen molar-refractivity contribution in [3.8, 4) is 0 Å². The zero-order valence-electron chi connectivity index (χ0n) is 15.5. The molecular formula is C17H11F3N4O5S3. The fourth-order valence-electron chi connectivity index (χ4n) is 2.92. The number of thiophene rings is 1. The van der Waals surface area contributed by atoms with E-state index in [2.05, 4.69) is 15.0 Å². The van der Waals surface area contributed by atoms with E-state index in [9.17, 15) is 32.3 Å². The number of β-lactam (4-membered cyclic amide) rings is 1. The molecule has 0 aliphatic carbocycles. The van der Waals surface area contributed by atoms with E-state index in [1.165, 1.54) is 29.3 Å². The third-order valence-corrected chi connectivity index (χ3v) is 7.53. The summed E-state index contributed by atoms with van der Waals surface area (Å²) in [6.07, 6.45) is -4.09. The Morgan fingerprint density at radius 1 is 1.31 bits per heavy atom. The number of rotatable bonds is 4. The van der Waals surface area contributed by atoms with Gasteiger partial charge in [-0.15, -0.1) is 23.1 Å². The first-order valence-electron chi connectivity index (χ1n) is 8.65. The van der Waals surface area contributed by atoms with E-state index < -0.39 is 47.0 Å². The van der Waals surface area contributed by atoms with Crippen LogP contribution in [0.5, 0.6) is 0 Å². The van der Waals surface area contributed by atoms with Crippen LogP contribution in [0.15, 0.2) is 29.4 Å². The second kappa shape index (κ2) is 8.31. The van der Waals surface area contributed by atoms with Crippen molar-refractivity contribution in [2.75, 3.05) is 11.1 Å². The van der Waals surface area contributed by atoms with Crippen LogP contribution in [-0.4, -0.2) is 57.0 Å². The lowest BCUT2D eigenvalue weighted by atomic mass is 10.0. The number of alkyl halides is 3. The molecule has 9 nitrogen and oxygen atoms in total. The van der Waals surface area contributed by atoms with Gasteiger partial charge in [-0.2, -0.15) is 13.2 Å². The van der Waals surface area contributed by atoms with Gasteiger partial charge in [0.25, 0.3) is 5.91 Å². The van der Waals surface area contributed by atoms with Gasteiger partial charge in [-0.3, -0.25) is 19.8 Å². The predicted molar refractivity (Wildman–Crippen MR) is 110 cm³/mol. The van der Waals surface area contributed by atoms with Gasteiger partial charge in [0.15, 0.2) is 5.13 Å². The number of ether oxygens (including phenoxy) is 1. The van der Waals surface area contributed by atoms with E-state index in [-0.39, 0.29) is 16.5 Å². The number of thiazole rings is 1. The van der Waals surface area contributed by atoms with Crippen molar-refractivity contribution in [3.05, 3.63) is 39.2 Å². The Bertz CT molecular complexity index is 1140. The second-order valence-electron chi connectivity index (χ2n) is 6.40. The average Bonchev–Trinajstić information content (AvgIpc) is 3.43. The Morgan fingerprint density at radius 2 is 2.06 bits per heavy atom. The summed E-state index contributed by atoms with van der Waals surface area (Å²) in [5, 5.41) is 3.79. The summed E-state index contributed by atoms with van der Waals surface area (Å²) in [5.74, 6) is -5.33. The molecular weight excluding hydrogens is 493 g/mol. The molecule has 2 aromatic rings. The largest absolute Gasteiger partial charge is 0.491 e. The van der Waals surface area contributed by atoms with Gasteiger partial charge in [0.05, 0.1) is 9.75 Å². The SMILES string of the molecule is NC1C(=O)N2C(C(=O)OC(=O)C(F)(F)F)=C(c3cnc(NC(=O)c4cccs4)s3)CSC12. The number of hydrogen-bond acceptors (Lipinski definition) is 10. The normalized spacial score (nSPS) is 20.5. The molecule has 32 heavy (non-hydrogen) atoms. The van der Waals surface area contributed by atoms with Crippen molar-refractivity contribution in [3.63, 3.8) is 0 Å². The van der Waals surface area contributed by atoms with Crippen molar-refractivity contribution in [1.82, 2.24) is 9.88 Å². The molecule has 0 spiro atoms. The van der Waals surface area contributed by atoms with Gasteiger partial charge >= 0.3 is 18.1 Å². The lowest BCUT2D eigenvalue weighted by Gasteiger charge is -2.48. The van der Waals surface area contributed by atoms with Crippen molar-refractivity contribution in [1.29, 1.82) is 0 Å². The topological polar surface area (TPSA) is 132 Å². The molecule has 2 atom stereocenters. The number of amides is 2. The minimum absolute atomic E-state index is 0.0906. The predicted octanol–water partition coefficient (Wildman–Crippen LogP) is 2.04. The van der Waals surface area contributed by atoms with Crippen molar-refractivity contribution in [2.24, 2.45) is 5.73 Å². The van der Waals surface area contributed by atoms with Crippen LogP contribution in [0, 0.1) is 0 Å². The summed E-state index contributed by atoms with van der Waals surface area (Å²) in [6.45, 7) is 0. The van der Waals surface area contributed by atoms with Gasteiger partial charge in [0, 0.05) is 17.5 Å². The number of nitrogens with zero attached hydrogens (tertiary/aromatic N) is 2. The number of aromatic nitrogens is 1. The van der Waals surface area contributed by atoms with Gasteiger partial charge in [-0.05, 0) is 11.4 Å². The van der Waals surface area contributed by atoms with E-state index in [1.807, 2.05) is 0 Å². The molecule has 0 radical (unpaired) electrons. The summed E-state index contributed by atoms with van der Waals surface area (Å²) in [4.78, 5) is 53.8. The summed E-state index contributed by atoms with van der Waals surface area (Å²) in [7, 11) is 0. The fraction of sp³-hybridized carbons (Fsp3) is 0.235. The van der Waals surface area contributed by atoms with Crippen LogP contribution in [0.3, 0.4) is 0 Å². The molecule has 4 rings (SSSR count). The maximum Gasteiger partial charge on any atom is 0.491 e. The van der Waals surface area contributed by atoms with Gasteiger partial charge in [-0.1, -0.05) is 17.4 Å². The highest BCUT2D eigenvalue weighted by molar-refractivity contribution is 8.00. The number of halogens is 3. The quantitative estimate of drug-likeness (QED) is 0.367. The Hall–Kier alpha value is -2.75. The highest BCUT2D eigenvalue weighted by atomic mass is 32.2. The number of hydrogen-bond donors (Lipinski definition) is 2. The zero-order chi connectivity index (χ0) is 23.2. The molecule has 2 aliphatic rings. The van der Waals surface area contributed by atoms with Crippen molar-refractivity contribution in [2.45, 2.75) is 17.6 Å². The lowest BCUT2D eigenvalue weighted by Crippen LogP contribution is -2.68. The highest BCUT2D eigenvalue weighted by Crippen LogP contribution is 2.44. The van der Waals surface area contributed by atoms with Gasteiger partial charge in [0.1, 0.15) is 17.1 Å². The third kappa shape index (κ3) is 4.03. The number of carbonyl (C=O) groups excluding carboxylic acids is 4. The third-order valence-electron chi connectivity index (χ3n) is 4.39. The number of carbonyl (C=O) groups is 4. The van der Waals surface area contributed by atoms with Gasteiger partial charge in [-0.25, -0.2) is 14.6 Å². The minimum atomic E-state index is -5.39. The molecule has 1 saturated heterocycles. The van der Waals surface area contributed by atoms with E-state index in [0.29, 0.717) is 9.75 Å². The lowest BCUT2D eigenvalue weighted by molar-refractivity contribution is -0.201. The van der Waals surface area contributed by atoms with Crippen LogP contribution in [0.2, 0.25) is 0 Å². The van der Waals surface area contributed by atoms with Crippen molar-refractivity contribution >= 4 is 68.9 Å². The molecule has 168 valence electrons. The standard InChI is InChI=1S/C17H11F3N4O5S3/c18-17(19,20)15(28)29-14(27)10-6(5-31-13-9(21)12(26)24(10)13)8-4-22-16(32-8)23-11(25)7-2-1-3-30-7/h1-4,9,13H,5,21H2,(H,22,23,25). The molecule has 2 aliphatic heterocycles. The maximum atomic E-state index is 12.6. The number of nitrogens with one attached hydrogen (secondary N) is 1. The van der Waals surface area contributed by atoms with Crippen LogP contribution >= 0.6 is 34.4 Å². The number of fused-ring (bicyclic) bond motifs is 1. The summed E-state index contributed by atoms with van der Waals surface area (Å²) in [5.41, 5.74) is 5.35. The molecule has 2 amide bonds. The van der Waals surface area contributed by atoms with Crippen LogP contribution in [0.25, 0.3) is 5.57 Å². The highest BCUT2D eigenvalue weighted by Gasteiger charge is 2.53. The molecule has 2 aromatic heterocycles. The monoisotopic (exact) mass is 504 g/mol. The molecule has 3 N–H and O–H groups in total. The minimum Gasteiger partial charge on any atom is -0.382 e. The van der Waals surface area contributed by atoms with Crippen LogP contribution in [0.4, 0.5) is 18.3 Å². The Labute approximate surface area is 189 Å². The van der Waals surface area contributed by atoms with Crippen molar-refractivity contribution < 1.29 is 37.1 Å². The Balaban J connectivity index is 1.65. The summed E-state index contributed by atoms with van der Waals surface area (Å²) in [6, 6.07) is 2.37. The molecule has 0 aromatic carbocycles. The number of thioether (sulfide) groups is 1. The molecule has 15 heteroatoms. The van der Waals surface area contributed by atoms with Gasteiger partial charge in [0.2, 0.25) is 5.91 Å². The zero-order valence-corrected chi connectivity index (χ0v) is 18.0. The molecule has 1 fully saturated rings. The molecule has 0 saturated carbocycles. The van der Waals surface area contributed by atoms with E-state index in [0.717, 1.165) is 16.2 Å². The Kier molecular flexibility index (Phi) is 5.83. The molecule has 2 unspecified atom stereocenters. The number of anilines is 1. The molecule has 0 bridgehead atoms. The summed E-state index contributed by atoms with van der Waals surface area (Å²) < 4.78 is 41.7. The van der Waals surface area contributed by atoms with E-state index >= 15 is 0 Å². The van der Waals surface area contributed by atoms with Crippen LogP contribution in [0.1, 0.15) is 14.5 Å². The van der Waals surface area contributed by atoms with Crippen LogP contribution in [-0.2, 0) is 19.1 Å². The molecule has 4 heterocycles. The van der Waals surface area contributed by atoms with E-state index in [1.54, 1.807) is 17.5 Å². The fourth-order valence-corrected chi connectivity index (χ4v) is 5.80. The first-order valence-corrected chi connectivity index (χ1v) is 11.4. The number of nitrogens with two attached hydrogens (primary N) is 1. The number of esters is 2. The first kappa shape index (κ1) is 22.4. The van der Waals surface area contributed by atoms with Gasteiger partial charge < -0.3 is 10.5 Å². The second-order valence-corrected chi connectivity index (χ2v) is 9.48. The smallest absolute Gasteiger partial charge is 0.382 e. The first-order chi connectivity index (χ1) is 15.1. The average molecular weight is 504 g/mol.